The number of aryl methyl sites for hydroxylation is 1. The van der Waals surface area contributed by atoms with Crippen molar-refractivity contribution >= 4 is 0 Å². The fourth-order valence-electron chi connectivity index (χ4n) is 5.54. The molecule has 1 aromatic rings. The van der Waals surface area contributed by atoms with Gasteiger partial charge in [0.15, 0.2) is 0 Å². The number of nitrogens with one attached hydrogen (secondary N) is 1. The van der Waals surface area contributed by atoms with Gasteiger partial charge in [-0.15, -0.1) is 0 Å². The average Bonchev–Trinajstić information content (AvgIpc) is 2.58. The van der Waals surface area contributed by atoms with Crippen molar-refractivity contribution in [3.63, 3.8) is 0 Å². The highest BCUT2D eigenvalue weighted by molar-refractivity contribution is 5.27. The molecule has 1 saturated heterocycles. The number of piperidine rings is 1. The van der Waals surface area contributed by atoms with E-state index < -0.39 is 0 Å². The van der Waals surface area contributed by atoms with Crippen molar-refractivity contribution in [3.8, 4) is 0 Å². The third-order valence-electron chi connectivity index (χ3n) is 6.61. The Morgan fingerprint density at radius 3 is 2.04 bits per heavy atom. The fourth-order valence-corrected chi connectivity index (χ4v) is 5.54. The average molecular weight is 358 g/mol. The van der Waals surface area contributed by atoms with E-state index in [9.17, 15) is 0 Å². The molecule has 1 aliphatic heterocycles. The van der Waals surface area contributed by atoms with Gasteiger partial charge in [-0.3, -0.25) is 0 Å². The van der Waals surface area contributed by atoms with Gasteiger partial charge in [-0.1, -0.05) is 24.3 Å². The summed E-state index contributed by atoms with van der Waals surface area (Å²) in [6, 6.07) is 9.58. The van der Waals surface area contributed by atoms with Crippen LogP contribution in [-0.2, 0) is 11.2 Å². The summed E-state index contributed by atoms with van der Waals surface area (Å²) in [6.07, 6.45) is 10.7. The van der Waals surface area contributed by atoms with Crippen LogP contribution in [-0.4, -0.2) is 24.3 Å². The van der Waals surface area contributed by atoms with E-state index in [1.165, 1.54) is 62.5 Å². The normalized spacial score (nSPS) is 28.8. The summed E-state index contributed by atoms with van der Waals surface area (Å²) in [5.41, 5.74) is 3.46. The van der Waals surface area contributed by atoms with Crippen molar-refractivity contribution in [2.24, 2.45) is 5.92 Å². The fraction of sp³-hybridized carbons (Fsp3) is 0.750. The Morgan fingerprint density at radius 1 is 0.923 bits per heavy atom. The molecule has 0 amide bonds. The summed E-state index contributed by atoms with van der Waals surface area (Å²) in [5, 5.41) is 3.80. The van der Waals surface area contributed by atoms with Crippen molar-refractivity contribution in [1.82, 2.24) is 5.32 Å². The van der Waals surface area contributed by atoms with Gasteiger partial charge >= 0.3 is 0 Å². The third kappa shape index (κ3) is 5.33. The quantitative estimate of drug-likeness (QED) is 0.714. The molecular weight excluding hydrogens is 318 g/mol. The molecule has 26 heavy (non-hydrogen) atoms. The van der Waals surface area contributed by atoms with Crippen LogP contribution in [0.25, 0.3) is 0 Å². The molecule has 0 aromatic heterocycles. The lowest BCUT2D eigenvalue weighted by Gasteiger charge is -2.46. The van der Waals surface area contributed by atoms with E-state index in [-0.39, 0.29) is 11.1 Å². The maximum Gasteiger partial charge on any atom is 0.0571 e. The van der Waals surface area contributed by atoms with Crippen molar-refractivity contribution < 1.29 is 4.74 Å². The van der Waals surface area contributed by atoms with Crippen LogP contribution in [0.4, 0.5) is 0 Å². The first-order valence-corrected chi connectivity index (χ1v) is 10.7. The predicted molar refractivity (Wildman–Crippen MR) is 111 cm³/mol. The maximum absolute atomic E-state index is 5.50. The topological polar surface area (TPSA) is 21.3 Å². The highest BCUT2D eigenvalue weighted by Gasteiger charge is 2.38. The number of rotatable bonds is 5. The monoisotopic (exact) mass is 357 g/mol. The van der Waals surface area contributed by atoms with Crippen LogP contribution in [0.2, 0.25) is 0 Å². The minimum atomic E-state index is 0.214. The van der Waals surface area contributed by atoms with Gasteiger partial charge in [0.1, 0.15) is 0 Å². The van der Waals surface area contributed by atoms with E-state index in [2.05, 4.69) is 57.3 Å². The molecule has 0 radical (unpaired) electrons. The van der Waals surface area contributed by atoms with E-state index >= 15 is 0 Å². The van der Waals surface area contributed by atoms with Crippen molar-refractivity contribution in [2.75, 3.05) is 7.11 Å². The molecule has 3 rings (SSSR count). The minimum absolute atomic E-state index is 0.214. The second-order valence-electron chi connectivity index (χ2n) is 10.2. The van der Waals surface area contributed by atoms with Crippen LogP contribution in [0.3, 0.4) is 0 Å². The number of hydrogen-bond donors (Lipinski definition) is 1. The zero-order valence-corrected chi connectivity index (χ0v) is 17.6. The van der Waals surface area contributed by atoms with Gasteiger partial charge in [-0.25, -0.2) is 0 Å². The van der Waals surface area contributed by atoms with E-state index in [1.54, 1.807) is 0 Å². The first-order valence-electron chi connectivity index (χ1n) is 10.7. The standard InChI is InChI=1S/C24H39NO/c1-23(2)16-21(17-24(3,4)25-23)20-12-8-18(9-13-20)6-7-19-10-14-22(26-5)15-11-19/h8-9,12-13,19,21-22,25H,6-7,10-11,14-17H2,1-5H3. The summed E-state index contributed by atoms with van der Waals surface area (Å²) in [7, 11) is 1.86. The second-order valence-corrected chi connectivity index (χ2v) is 10.2. The summed E-state index contributed by atoms with van der Waals surface area (Å²) in [4.78, 5) is 0. The smallest absolute Gasteiger partial charge is 0.0571 e. The van der Waals surface area contributed by atoms with Gasteiger partial charge in [0.25, 0.3) is 0 Å². The zero-order valence-electron chi connectivity index (χ0n) is 17.6. The Kier molecular flexibility index (Phi) is 6.14. The van der Waals surface area contributed by atoms with Gasteiger partial charge < -0.3 is 10.1 Å². The van der Waals surface area contributed by atoms with Gasteiger partial charge in [0.2, 0.25) is 0 Å². The molecule has 2 nitrogen and oxygen atoms in total. The molecular formula is C24H39NO. The SMILES string of the molecule is COC1CCC(CCc2ccc(C3CC(C)(C)NC(C)(C)C3)cc2)CC1. The van der Waals surface area contributed by atoms with Crippen LogP contribution in [0, 0.1) is 5.92 Å². The van der Waals surface area contributed by atoms with Crippen molar-refractivity contribution in [2.45, 2.75) is 102 Å². The molecule has 0 spiro atoms. The molecule has 2 heteroatoms. The Balaban J connectivity index is 1.54. The summed E-state index contributed by atoms with van der Waals surface area (Å²) >= 11 is 0. The van der Waals surface area contributed by atoms with Crippen LogP contribution in [0.5, 0.6) is 0 Å². The van der Waals surface area contributed by atoms with Crippen LogP contribution < -0.4 is 5.32 Å². The van der Waals surface area contributed by atoms with Crippen LogP contribution in [0.1, 0.15) is 89.7 Å². The van der Waals surface area contributed by atoms with Crippen molar-refractivity contribution in [1.29, 1.82) is 0 Å². The molecule has 1 N–H and O–H groups in total. The molecule has 0 bridgehead atoms. The molecule has 0 atom stereocenters. The van der Waals surface area contributed by atoms with Crippen molar-refractivity contribution in [3.05, 3.63) is 35.4 Å². The number of benzene rings is 1. The first kappa shape index (κ1) is 19.9. The maximum atomic E-state index is 5.50. The summed E-state index contributed by atoms with van der Waals surface area (Å²) in [5.74, 6) is 1.56. The number of methoxy groups -OCH3 is 1. The molecule has 1 aliphatic carbocycles. The van der Waals surface area contributed by atoms with Crippen LogP contribution in [0.15, 0.2) is 24.3 Å². The lowest BCUT2D eigenvalue weighted by atomic mass is 9.73. The Hall–Kier alpha value is -0.860. The third-order valence-corrected chi connectivity index (χ3v) is 6.61. The molecule has 0 unspecified atom stereocenters. The van der Waals surface area contributed by atoms with Gasteiger partial charge in [0.05, 0.1) is 6.10 Å². The lowest BCUT2D eigenvalue weighted by molar-refractivity contribution is 0.0556. The van der Waals surface area contributed by atoms with E-state index in [4.69, 9.17) is 4.74 Å². The van der Waals surface area contributed by atoms with Crippen LogP contribution >= 0.6 is 0 Å². The first-order chi connectivity index (χ1) is 12.3. The lowest BCUT2D eigenvalue weighted by Crippen LogP contribution is -2.57. The number of hydrogen-bond acceptors (Lipinski definition) is 2. The highest BCUT2D eigenvalue weighted by atomic mass is 16.5. The van der Waals surface area contributed by atoms with E-state index in [0.717, 1.165) is 5.92 Å². The highest BCUT2D eigenvalue weighted by Crippen LogP contribution is 2.39. The minimum Gasteiger partial charge on any atom is -0.381 e. The predicted octanol–water partition coefficient (Wildman–Crippen LogP) is 5.85. The molecule has 2 fully saturated rings. The largest absolute Gasteiger partial charge is 0.381 e. The summed E-state index contributed by atoms with van der Waals surface area (Å²) in [6.45, 7) is 9.36. The van der Waals surface area contributed by atoms with E-state index in [1.807, 2.05) is 7.11 Å². The molecule has 1 saturated carbocycles. The Bertz CT molecular complexity index is 550. The van der Waals surface area contributed by atoms with E-state index in [0.29, 0.717) is 12.0 Å². The Morgan fingerprint density at radius 2 is 1.50 bits per heavy atom. The van der Waals surface area contributed by atoms with Gasteiger partial charge in [0, 0.05) is 18.2 Å². The zero-order chi connectivity index (χ0) is 18.8. The number of ether oxygens (including phenoxy) is 1. The molecule has 1 aromatic carbocycles. The Labute approximate surface area is 161 Å². The molecule has 2 aliphatic rings. The van der Waals surface area contributed by atoms with Gasteiger partial charge in [-0.2, -0.15) is 0 Å². The second kappa shape index (κ2) is 8.02. The molecule has 1 heterocycles. The molecule has 146 valence electrons. The van der Waals surface area contributed by atoms with Gasteiger partial charge in [-0.05, 0) is 102 Å². The summed E-state index contributed by atoms with van der Waals surface area (Å²) < 4.78 is 5.50.